The lowest BCUT2D eigenvalue weighted by atomic mass is 9.97. The summed E-state index contributed by atoms with van der Waals surface area (Å²) in [5.41, 5.74) is 0. The van der Waals surface area contributed by atoms with Crippen molar-refractivity contribution < 1.29 is 34.3 Å². The van der Waals surface area contributed by atoms with Crippen LogP contribution in [0.3, 0.4) is 0 Å². The van der Waals surface area contributed by atoms with Crippen LogP contribution in [0.1, 0.15) is 6.92 Å². The van der Waals surface area contributed by atoms with Gasteiger partial charge in [0.2, 0.25) is 5.91 Å². The number of rotatable bonds is 5. The lowest BCUT2D eigenvalue weighted by Crippen LogP contribution is -2.64. The van der Waals surface area contributed by atoms with Crippen LogP contribution in [0.2, 0.25) is 0 Å². The van der Waals surface area contributed by atoms with Gasteiger partial charge in [-0.1, -0.05) is 0 Å². The molecule has 2 aliphatic heterocycles. The normalized spacial score (nSPS) is 41.9. The maximum atomic E-state index is 11.1. The SMILES string of the molecule is CC(=O)N[C@H]1[C@H](OC[C@H]2CO2)O[C@H](CO)[C@@H](O)[C@@H]1O. The van der Waals surface area contributed by atoms with Gasteiger partial charge in [-0.15, -0.1) is 0 Å². The first-order chi connectivity index (χ1) is 9.02. The van der Waals surface area contributed by atoms with Gasteiger partial charge in [0.1, 0.15) is 30.5 Å². The zero-order valence-corrected chi connectivity index (χ0v) is 10.6. The maximum absolute atomic E-state index is 11.1. The Bertz CT molecular complexity index is 322. The molecule has 0 aromatic heterocycles. The molecule has 1 amide bonds. The van der Waals surface area contributed by atoms with E-state index in [1.807, 2.05) is 0 Å². The molecule has 2 rings (SSSR count). The quantitative estimate of drug-likeness (QED) is 0.405. The number of carbonyl (C=O) groups is 1. The standard InChI is InChI=1S/C11H19NO7/c1-5(14)12-8-10(16)9(15)7(2-13)19-11(8)18-4-6-3-17-6/h6-11,13,15-16H,2-4H2,1H3,(H,12,14)/t6-,7-,8-,9-,10-,11-/m1/s1. The Labute approximate surface area is 110 Å². The van der Waals surface area contributed by atoms with E-state index in [-0.39, 0.29) is 18.6 Å². The molecule has 19 heavy (non-hydrogen) atoms. The fourth-order valence-electron chi connectivity index (χ4n) is 1.98. The fraction of sp³-hybridized carbons (Fsp3) is 0.909. The van der Waals surface area contributed by atoms with Gasteiger partial charge < -0.3 is 34.8 Å². The van der Waals surface area contributed by atoms with Gasteiger partial charge in [0.05, 0.1) is 19.8 Å². The Morgan fingerprint density at radius 3 is 2.63 bits per heavy atom. The molecule has 0 aliphatic carbocycles. The summed E-state index contributed by atoms with van der Waals surface area (Å²) in [6, 6.07) is -0.894. The summed E-state index contributed by atoms with van der Waals surface area (Å²) in [7, 11) is 0. The first kappa shape index (κ1) is 14.6. The number of amides is 1. The zero-order chi connectivity index (χ0) is 14.0. The topological polar surface area (TPSA) is 121 Å². The van der Waals surface area contributed by atoms with E-state index in [1.54, 1.807) is 0 Å². The monoisotopic (exact) mass is 277 g/mol. The Balaban J connectivity index is 2.01. The van der Waals surface area contributed by atoms with Crippen LogP contribution in [0.15, 0.2) is 0 Å². The van der Waals surface area contributed by atoms with E-state index in [0.717, 1.165) is 0 Å². The molecule has 2 saturated heterocycles. The smallest absolute Gasteiger partial charge is 0.217 e. The Hall–Kier alpha value is -0.770. The first-order valence-corrected chi connectivity index (χ1v) is 6.15. The molecule has 0 unspecified atom stereocenters. The van der Waals surface area contributed by atoms with Crippen molar-refractivity contribution in [3.63, 3.8) is 0 Å². The van der Waals surface area contributed by atoms with E-state index < -0.39 is 37.3 Å². The Kier molecular flexibility index (Phi) is 4.71. The highest BCUT2D eigenvalue weighted by Crippen LogP contribution is 2.23. The first-order valence-electron chi connectivity index (χ1n) is 6.15. The maximum Gasteiger partial charge on any atom is 0.217 e. The number of hydrogen-bond donors (Lipinski definition) is 4. The van der Waals surface area contributed by atoms with Crippen LogP contribution >= 0.6 is 0 Å². The molecule has 2 fully saturated rings. The molecular formula is C11H19NO7. The predicted octanol–water partition coefficient (Wildman–Crippen LogP) is -2.65. The molecule has 0 bridgehead atoms. The van der Waals surface area contributed by atoms with Crippen molar-refractivity contribution in [1.29, 1.82) is 0 Å². The van der Waals surface area contributed by atoms with E-state index >= 15 is 0 Å². The minimum Gasteiger partial charge on any atom is -0.394 e. The highest BCUT2D eigenvalue weighted by molar-refractivity contribution is 5.73. The van der Waals surface area contributed by atoms with Crippen molar-refractivity contribution in [2.45, 2.75) is 43.7 Å². The molecule has 8 nitrogen and oxygen atoms in total. The summed E-state index contributed by atoms with van der Waals surface area (Å²) in [6.07, 6.45) is -4.47. The Morgan fingerprint density at radius 2 is 2.11 bits per heavy atom. The third-order valence-electron chi connectivity index (χ3n) is 3.10. The van der Waals surface area contributed by atoms with Crippen LogP contribution in [0.5, 0.6) is 0 Å². The summed E-state index contributed by atoms with van der Waals surface area (Å²) in [6.45, 7) is 1.71. The van der Waals surface area contributed by atoms with E-state index in [9.17, 15) is 15.0 Å². The minimum absolute atomic E-state index is 0.00172. The van der Waals surface area contributed by atoms with Gasteiger partial charge >= 0.3 is 0 Å². The van der Waals surface area contributed by atoms with E-state index in [4.69, 9.17) is 19.3 Å². The van der Waals surface area contributed by atoms with Gasteiger partial charge in [-0.3, -0.25) is 4.79 Å². The molecule has 0 radical (unpaired) electrons. The van der Waals surface area contributed by atoms with Gasteiger partial charge in [-0.2, -0.15) is 0 Å². The molecular weight excluding hydrogens is 258 g/mol. The second-order valence-electron chi connectivity index (χ2n) is 4.72. The van der Waals surface area contributed by atoms with Crippen LogP contribution in [0, 0.1) is 0 Å². The molecule has 0 aromatic carbocycles. The second-order valence-corrected chi connectivity index (χ2v) is 4.72. The predicted molar refractivity (Wildman–Crippen MR) is 61.1 cm³/mol. The molecule has 2 heterocycles. The van der Waals surface area contributed by atoms with Crippen LogP contribution in [-0.2, 0) is 19.0 Å². The van der Waals surface area contributed by atoms with Gasteiger partial charge in [-0.05, 0) is 0 Å². The van der Waals surface area contributed by atoms with Crippen molar-refractivity contribution >= 4 is 5.91 Å². The van der Waals surface area contributed by atoms with Gasteiger partial charge in [-0.25, -0.2) is 0 Å². The lowest BCUT2D eigenvalue weighted by Gasteiger charge is -2.42. The second kappa shape index (κ2) is 6.12. The van der Waals surface area contributed by atoms with Crippen molar-refractivity contribution in [2.75, 3.05) is 19.8 Å². The Morgan fingerprint density at radius 1 is 1.42 bits per heavy atom. The molecule has 6 atom stereocenters. The van der Waals surface area contributed by atoms with Gasteiger partial charge in [0.25, 0.3) is 0 Å². The molecule has 4 N–H and O–H groups in total. The number of carbonyl (C=O) groups excluding carboxylic acids is 1. The fourth-order valence-corrected chi connectivity index (χ4v) is 1.98. The van der Waals surface area contributed by atoms with Crippen molar-refractivity contribution in [2.24, 2.45) is 0 Å². The number of epoxide rings is 1. The molecule has 0 spiro atoms. The molecule has 0 aromatic rings. The summed E-state index contributed by atoms with van der Waals surface area (Å²) in [4.78, 5) is 11.1. The summed E-state index contributed by atoms with van der Waals surface area (Å²) >= 11 is 0. The molecule has 8 heteroatoms. The van der Waals surface area contributed by atoms with E-state index in [0.29, 0.717) is 6.61 Å². The van der Waals surface area contributed by atoms with Crippen LogP contribution < -0.4 is 5.32 Å². The van der Waals surface area contributed by atoms with Gasteiger partial charge in [0, 0.05) is 6.92 Å². The average Bonchev–Trinajstić information content (AvgIpc) is 3.18. The highest BCUT2D eigenvalue weighted by Gasteiger charge is 2.45. The third-order valence-corrected chi connectivity index (χ3v) is 3.10. The molecule has 110 valence electrons. The summed E-state index contributed by atoms with van der Waals surface area (Å²) in [5.74, 6) is -0.376. The molecule has 0 saturated carbocycles. The number of nitrogens with one attached hydrogen (secondary N) is 1. The highest BCUT2D eigenvalue weighted by atomic mass is 16.7. The van der Waals surface area contributed by atoms with Gasteiger partial charge in [0.15, 0.2) is 6.29 Å². The van der Waals surface area contributed by atoms with Crippen LogP contribution in [-0.4, -0.2) is 77.8 Å². The summed E-state index contributed by atoms with van der Waals surface area (Å²) in [5, 5.41) is 31.3. The van der Waals surface area contributed by atoms with Crippen molar-refractivity contribution in [3.8, 4) is 0 Å². The summed E-state index contributed by atoms with van der Waals surface area (Å²) < 4.78 is 15.8. The number of hydrogen-bond acceptors (Lipinski definition) is 7. The average molecular weight is 277 g/mol. The van der Waals surface area contributed by atoms with E-state index in [2.05, 4.69) is 5.32 Å². The lowest BCUT2D eigenvalue weighted by molar-refractivity contribution is -0.270. The van der Waals surface area contributed by atoms with Crippen LogP contribution in [0.25, 0.3) is 0 Å². The zero-order valence-electron chi connectivity index (χ0n) is 10.6. The third kappa shape index (κ3) is 3.62. The molecule has 2 aliphatic rings. The number of ether oxygens (including phenoxy) is 3. The minimum atomic E-state index is -1.29. The van der Waals surface area contributed by atoms with Crippen molar-refractivity contribution in [1.82, 2.24) is 5.32 Å². The van der Waals surface area contributed by atoms with Crippen molar-refractivity contribution in [3.05, 3.63) is 0 Å². The number of aliphatic hydroxyl groups is 3. The van der Waals surface area contributed by atoms with E-state index in [1.165, 1.54) is 6.92 Å². The number of aliphatic hydroxyl groups excluding tert-OH is 3. The van der Waals surface area contributed by atoms with Crippen LogP contribution in [0.4, 0.5) is 0 Å². The largest absolute Gasteiger partial charge is 0.394 e.